The number of hydrogen-bond donors (Lipinski definition) is 2. The molecule has 1 aliphatic rings. The molecule has 1 fully saturated rings. The average Bonchev–Trinajstić information content (AvgIpc) is 2.65. The van der Waals surface area contributed by atoms with Crippen molar-refractivity contribution in [3.05, 3.63) is 35.9 Å². The lowest BCUT2D eigenvalue weighted by Gasteiger charge is -2.31. The fourth-order valence-electron chi connectivity index (χ4n) is 2.88. The summed E-state index contributed by atoms with van der Waals surface area (Å²) in [5.41, 5.74) is 6.06. The number of alkyl halides is 2. The molecule has 1 aromatic rings. The van der Waals surface area contributed by atoms with E-state index in [1.54, 1.807) is 4.90 Å². The van der Waals surface area contributed by atoms with Gasteiger partial charge in [-0.3, -0.25) is 9.59 Å². The first kappa shape index (κ1) is 19.3. The number of likely N-dealkylation sites (tertiary alicyclic amines) is 1. The third-order valence-electron chi connectivity index (χ3n) is 4.51. The van der Waals surface area contributed by atoms with Crippen molar-refractivity contribution in [1.82, 2.24) is 10.2 Å². The number of carbonyl (C=O) groups is 2. The van der Waals surface area contributed by atoms with Crippen molar-refractivity contribution in [2.45, 2.75) is 31.6 Å². The number of benzene rings is 1. The van der Waals surface area contributed by atoms with Crippen LogP contribution in [0.5, 0.6) is 0 Å². The number of rotatable bonds is 7. The maximum Gasteiger partial charge on any atom is 0.277 e. The second kappa shape index (κ2) is 8.89. The quantitative estimate of drug-likeness (QED) is 0.781. The van der Waals surface area contributed by atoms with Gasteiger partial charge >= 0.3 is 0 Å². The summed E-state index contributed by atoms with van der Waals surface area (Å²) in [4.78, 5) is 26.0. The maximum absolute atomic E-state index is 13.1. The number of hydrogen-bond acceptors (Lipinski definition) is 3. The number of nitrogens with one attached hydrogen (secondary N) is 1. The van der Waals surface area contributed by atoms with Crippen LogP contribution in [0.15, 0.2) is 30.3 Å². The predicted molar refractivity (Wildman–Crippen MR) is 91.1 cm³/mol. The van der Waals surface area contributed by atoms with Crippen molar-refractivity contribution in [3.63, 3.8) is 0 Å². The molecule has 0 aliphatic carbocycles. The van der Waals surface area contributed by atoms with Crippen LogP contribution in [0.25, 0.3) is 0 Å². The molecule has 0 atom stereocenters. The van der Waals surface area contributed by atoms with Crippen LogP contribution in [0.4, 0.5) is 8.78 Å². The summed E-state index contributed by atoms with van der Waals surface area (Å²) < 4.78 is 26.2. The Balaban J connectivity index is 1.71. The molecule has 5 nitrogen and oxygen atoms in total. The fourth-order valence-corrected chi connectivity index (χ4v) is 2.88. The van der Waals surface area contributed by atoms with Crippen LogP contribution in [0, 0.1) is 5.92 Å². The third-order valence-corrected chi connectivity index (χ3v) is 4.51. The molecule has 1 heterocycles. The van der Waals surface area contributed by atoms with Crippen LogP contribution in [-0.4, -0.2) is 48.8 Å². The van der Waals surface area contributed by atoms with Crippen molar-refractivity contribution in [2.24, 2.45) is 11.7 Å². The predicted octanol–water partition coefficient (Wildman–Crippen LogP) is 1.57. The minimum atomic E-state index is -3.08. The van der Waals surface area contributed by atoms with Gasteiger partial charge in [-0.1, -0.05) is 30.3 Å². The highest BCUT2D eigenvalue weighted by atomic mass is 19.3. The molecule has 0 radical (unpaired) electrons. The SMILES string of the molecule is NCC(F)(F)CNC(=O)C1CCN(C(=O)CCc2ccccc2)CC1. The molecular weight excluding hydrogens is 328 g/mol. The molecular formula is C18H25F2N3O2. The van der Waals surface area contributed by atoms with Crippen LogP contribution in [-0.2, 0) is 16.0 Å². The van der Waals surface area contributed by atoms with Crippen LogP contribution in [0.1, 0.15) is 24.8 Å². The van der Waals surface area contributed by atoms with E-state index >= 15 is 0 Å². The molecule has 2 amide bonds. The summed E-state index contributed by atoms with van der Waals surface area (Å²) in [5.74, 6) is -3.72. The highest BCUT2D eigenvalue weighted by Gasteiger charge is 2.31. The summed E-state index contributed by atoms with van der Waals surface area (Å²) in [6.07, 6.45) is 2.12. The van der Waals surface area contributed by atoms with Crippen molar-refractivity contribution < 1.29 is 18.4 Å². The molecule has 138 valence electrons. The molecule has 0 bridgehead atoms. The monoisotopic (exact) mass is 353 g/mol. The molecule has 1 aromatic carbocycles. The van der Waals surface area contributed by atoms with E-state index in [0.717, 1.165) is 5.56 Å². The molecule has 1 aliphatic heterocycles. The number of nitrogens with zero attached hydrogens (tertiary/aromatic N) is 1. The zero-order valence-corrected chi connectivity index (χ0v) is 14.2. The minimum absolute atomic E-state index is 0.0670. The first-order valence-electron chi connectivity index (χ1n) is 8.58. The summed E-state index contributed by atoms with van der Waals surface area (Å²) in [6.45, 7) is -0.557. The van der Waals surface area contributed by atoms with E-state index in [2.05, 4.69) is 5.32 Å². The van der Waals surface area contributed by atoms with Gasteiger partial charge in [0.15, 0.2) is 0 Å². The van der Waals surface area contributed by atoms with Crippen molar-refractivity contribution in [1.29, 1.82) is 0 Å². The normalized spacial score (nSPS) is 15.9. The van der Waals surface area contributed by atoms with Crippen LogP contribution >= 0.6 is 0 Å². The summed E-state index contributed by atoms with van der Waals surface area (Å²) in [5, 5.41) is 2.26. The van der Waals surface area contributed by atoms with Gasteiger partial charge in [-0.05, 0) is 24.8 Å². The number of piperidine rings is 1. The van der Waals surface area contributed by atoms with Gasteiger partial charge in [-0.2, -0.15) is 0 Å². The van der Waals surface area contributed by atoms with E-state index < -0.39 is 19.0 Å². The number of carbonyl (C=O) groups excluding carboxylic acids is 2. The Kier molecular flexibility index (Phi) is 6.87. The maximum atomic E-state index is 13.1. The average molecular weight is 353 g/mol. The number of halogens is 2. The van der Waals surface area contributed by atoms with Crippen molar-refractivity contribution in [3.8, 4) is 0 Å². The Bertz CT molecular complexity index is 573. The Morgan fingerprint density at radius 3 is 2.44 bits per heavy atom. The Morgan fingerprint density at radius 1 is 1.20 bits per heavy atom. The molecule has 3 N–H and O–H groups in total. The second-order valence-corrected chi connectivity index (χ2v) is 6.42. The van der Waals surface area contributed by atoms with Gasteiger partial charge < -0.3 is 16.0 Å². The van der Waals surface area contributed by atoms with Crippen molar-refractivity contribution >= 4 is 11.8 Å². The summed E-state index contributed by atoms with van der Waals surface area (Å²) in [6, 6.07) is 9.79. The van der Waals surface area contributed by atoms with Gasteiger partial charge in [0.05, 0.1) is 13.1 Å². The minimum Gasteiger partial charge on any atom is -0.350 e. The van der Waals surface area contributed by atoms with Gasteiger partial charge in [-0.15, -0.1) is 0 Å². The standard InChI is InChI=1S/C18H25F2N3O2/c19-18(20,12-21)13-22-17(25)15-8-10-23(11-9-15)16(24)7-6-14-4-2-1-3-5-14/h1-5,15H,6-13,21H2,(H,22,25). The van der Waals surface area contributed by atoms with E-state index in [1.165, 1.54) is 0 Å². The topological polar surface area (TPSA) is 75.4 Å². The molecule has 1 saturated heterocycles. The lowest BCUT2D eigenvalue weighted by Crippen LogP contribution is -2.46. The molecule has 0 aromatic heterocycles. The van der Waals surface area contributed by atoms with Crippen LogP contribution < -0.4 is 11.1 Å². The van der Waals surface area contributed by atoms with E-state index in [4.69, 9.17) is 5.73 Å². The summed E-state index contributed by atoms with van der Waals surface area (Å²) in [7, 11) is 0. The number of aryl methyl sites for hydroxylation is 1. The second-order valence-electron chi connectivity index (χ2n) is 6.42. The number of nitrogens with two attached hydrogens (primary N) is 1. The van der Waals surface area contributed by atoms with Gasteiger partial charge in [0.2, 0.25) is 11.8 Å². The van der Waals surface area contributed by atoms with E-state index in [1.807, 2.05) is 30.3 Å². The zero-order valence-electron chi connectivity index (χ0n) is 14.2. The van der Waals surface area contributed by atoms with Crippen LogP contribution in [0.3, 0.4) is 0 Å². The first-order valence-corrected chi connectivity index (χ1v) is 8.58. The lowest BCUT2D eigenvalue weighted by molar-refractivity contribution is -0.136. The molecule has 0 saturated carbocycles. The fraction of sp³-hybridized carbons (Fsp3) is 0.556. The first-order chi connectivity index (χ1) is 11.9. The molecule has 25 heavy (non-hydrogen) atoms. The molecule has 7 heteroatoms. The highest BCUT2D eigenvalue weighted by molar-refractivity contribution is 5.80. The molecule has 0 spiro atoms. The van der Waals surface area contributed by atoms with Crippen LogP contribution in [0.2, 0.25) is 0 Å². The highest BCUT2D eigenvalue weighted by Crippen LogP contribution is 2.19. The lowest BCUT2D eigenvalue weighted by atomic mass is 9.95. The van der Waals surface area contributed by atoms with Gasteiger partial charge in [0.25, 0.3) is 5.92 Å². The zero-order chi connectivity index (χ0) is 18.3. The van der Waals surface area contributed by atoms with Gasteiger partial charge in [0.1, 0.15) is 0 Å². The smallest absolute Gasteiger partial charge is 0.277 e. The van der Waals surface area contributed by atoms with Crippen molar-refractivity contribution in [2.75, 3.05) is 26.2 Å². The molecule has 0 unspecified atom stereocenters. The Labute approximate surface area is 146 Å². The van der Waals surface area contributed by atoms with E-state index in [0.29, 0.717) is 38.8 Å². The third kappa shape index (κ3) is 6.08. The van der Waals surface area contributed by atoms with E-state index in [-0.39, 0.29) is 17.7 Å². The molecule has 2 rings (SSSR count). The van der Waals surface area contributed by atoms with Gasteiger partial charge in [-0.25, -0.2) is 8.78 Å². The largest absolute Gasteiger partial charge is 0.350 e. The number of amides is 2. The summed E-state index contributed by atoms with van der Waals surface area (Å²) >= 11 is 0. The Morgan fingerprint density at radius 2 is 1.84 bits per heavy atom. The van der Waals surface area contributed by atoms with E-state index in [9.17, 15) is 18.4 Å². The van der Waals surface area contributed by atoms with Gasteiger partial charge in [0, 0.05) is 25.4 Å². The Hall–Kier alpha value is -2.02.